The summed E-state index contributed by atoms with van der Waals surface area (Å²) in [6, 6.07) is 7.44. The summed E-state index contributed by atoms with van der Waals surface area (Å²) in [5.74, 6) is 1.10. The number of likely N-dealkylation sites (tertiary alicyclic amines) is 1. The van der Waals surface area contributed by atoms with E-state index >= 15 is 0 Å². The van der Waals surface area contributed by atoms with E-state index in [2.05, 4.69) is 5.32 Å². The molecular formula is C15H20N2O2. The molecule has 19 heavy (non-hydrogen) atoms. The van der Waals surface area contributed by atoms with Crippen molar-refractivity contribution in [3.63, 3.8) is 0 Å². The number of amides is 1. The summed E-state index contributed by atoms with van der Waals surface area (Å²) in [6.45, 7) is 2.91. The molecule has 1 aromatic rings. The highest BCUT2D eigenvalue weighted by Gasteiger charge is 2.34. The Morgan fingerprint density at radius 3 is 3.00 bits per heavy atom. The van der Waals surface area contributed by atoms with Crippen LogP contribution in [0.5, 0.6) is 5.75 Å². The molecular weight excluding hydrogens is 240 g/mol. The Balaban J connectivity index is 1.77. The molecule has 2 heterocycles. The average Bonchev–Trinajstić information content (AvgIpc) is 3.01. The lowest BCUT2D eigenvalue weighted by Gasteiger charge is -2.27. The van der Waals surface area contributed by atoms with Crippen LogP contribution in [0.25, 0.3) is 0 Å². The number of hydrogen-bond acceptors (Lipinski definition) is 3. The summed E-state index contributed by atoms with van der Waals surface area (Å²) in [4.78, 5) is 14.1. The van der Waals surface area contributed by atoms with E-state index in [1.165, 1.54) is 0 Å². The number of nitrogens with one attached hydrogen (secondary N) is 1. The molecule has 0 saturated carbocycles. The Morgan fingerprint density at radius 1 is 1.37 bits per heavy atom. The number of hydrogen-bond donors (Lipinski definition) is 2. The number of phenolic OH excluding ortho intramolecular Hbond substituents is 1. The molecule has 0 radical (unpaired) electrons. The Labute approximate surface area is 113 Å². The first-order valence-electron chi connectivity index (χ1n) is 7.03. The second kappa shape index (κ2) is 5.21. The maximum atomic E-state index is 12.1. The van der Waals surface area contributed by atoms with Gasteiger partial charge in [0, 0.05) is 13.0 Å². The molecule has 2 atom stereocenters. The molecule has 2 aliphatic heterocycles. The zero-order valence-corrected chi connectivity index (χ0v) is 11.0. The minimum absolute atomic E-state index is 0.139. The number of aromatic hydroxyl groups is 1. The number of carbonyl (C=O) groups is 1. The van der Waals surface area contributed by atoms with Crippen molar-refractivity contribution in [2.24, 2.45) is 5.92 Å². The van der Waals surface area contributed by atoms with E-state index in [0.29, 0.717) is 12.3 Å². The topological polar surface area (TPSA) is 52.6 Å². The lowest BCUT2D eigenvalue weighted by Crippen LogP contribution is -2.33. The van der Waals surface area contributed by atoms with Gasteiger partial charge in [0.05, 0.1) is 6.04 Å². The van der Waals surface area contributed by atoms with Gasteiger partial charge in [0.2, 0.25) is 5.91 Å². The second-order valence-electron chi connectivity index (χ2n) is 5.55. The molecule has 4 heteroatoms. The molecule has 0 aromatic heterocycles. The van der Waals surface area contributed by atoms with Crippen molar-refractivity contribution in [1.29, 1.82) is 0 Å². The Morgan fingerprint density at radius 2 is 2.26 bits per heavy atom. The summed E-state index contributed by atoms with van der Waals surface area (Å²) in [7, 11) is 0. The largest absolute Gasteiger partial charge is 0.508 e. The van der Waals surface area contributed by atoms with E-state index in [9.17, 15) is 9.90 Å². The van der Waals surface area contributed by atoms with Crippen molar-refractivity contribution in [3.05, 3.63) is 29.8 Å². The molecule has 102 valence electrons. The molecule has 2 aliphatic rings. The van der Waals surface area contributed by atoms with Crippen LogP contribution >= 0.6 is 0 Å². The van der Waals surface area contributed by atoms with Gasteiger partial charge in [-0.25, -0.2) is 0 Å². The van der Waals surface area contributed by atoms with Crippen molar-refractivity contribution < 1.29 is 9.90 Å². The van der Waals surface area contributed by atoms with E-state index in [0.717, 1.165) is 38.0 Å². The van der Waals surface area contributed by atoms with Gasteiger partial charge < -0.3 is 15.3 Å². The number of benzene rings is 1. The fraction of sp³-hybridized carbons (Fsp3) is 0.533. The van der Waals surface area contributed by atoms with Crippen LogP contribution in [0.1, 0.15) is 30.9 Å². The standard InChI is InChI=1S/C15H20N2O2/c18-13-3-1-2-12(8-13)14-4-5-15(19)17(14)10-11-6-7-16-9-11/h1-3,8,11,14,16,18H,4-7,9-10H2. The van der Waals surface area contributed by atoms with Crippen LogP contribution < -0.4 is 5.32 Å². The van der Waals surface area contributed by atoms with Crippen LogP contribution in [0.4, 0.5) is 0 Å². The fourth-order valence-corrected chi connectivity index (χ4v) is 3.19. The first-order chi connectivity index (χ1) is 9.24. The van der Waals surface area contributed by atoms with Gasteiger partial charge in [0.15, 0.2) is 0 Å². The van der Waals surface area contributed by atoms with Gasteiger partial charge in [0.1, 0.15) is 5.75 Å². The third-order valence-electron chi connectivity index (χ3n) is 4.20. The average molecular weight is 260 g/mol. The van der Waals surface area contributed by atoms with Crippen molar-refractivity contribution in [2.45, 2.75) is 25.3 Å². The summed E-state index contributed by atoms with van der Waals surface area (Å²) >= 11 is 0. The molecule has 2 N–H and O–H groups in total. The van der Waals surface area contributed by atoms with Crippen LogP contribution in [0.2, 0.25) is 0 Å². The summed E-state index contributed by atoms with van der Waals surface area (Å²) in [6.07, 6.45) is 2.64. The number of carbonyl (C=O) groups excluding carboxylic acids is 1. The van der Waals surface area contributed by atoms with Gasteiger partial charge >= 0.3 is 0 Å². The van der Waals surface area contributed by atoms with E-state index in [4.69, 9.17) is 0 Å². The maximum absolute atomic E-state index is 12.1. The monoisotopic (exact) mass is 260 g/mol. The molecule has 0 spiro atoms. The molecule has 0 bridgehead atoms. The first kappa shape index (κ1) is 12.5. The van der Waals surface area contributed by atoms with Gasteiger partial charge in [-0.05, 0) is 49.5 Å². The van der Waals surface area contributed by atoms with Crippen LogP contribution in [0.15, 0.2) is 24.3 Å². The smallest absolute Gasteiger partial charge is 0.223 e. The van der Waals surface area contributed by atoms with Gasteiger partial charge in [0.25, 0.3) is 0 Å². The zero-order valence-electron chi connectivity index (χ0n) is 11.0. The van der Waals surface area contributed by atoms with Crippen molar-refractivity contribution >= 4 is 5.91 Å². The highest BCUT2D eigenvalue weighted by molar-refractivity contribution is 5.79. The predicted molar refractivity (Wildman–Crippen MR) is 72.8 cm³/mol. The van der Waals surface area contributed by atoms with Crippen LogP contribution in [0.3, 0.4) is 0 Å². The summed E-state index contributed by atoms with van der Waals surface area (Å²) in [5.41, 5.74) is 1.05. The third-order valence-corrected chi connectivity index (χ3v) is 4.20. The van der Waals surface area contributed by atoms with Gasteiger partial charge in [-0.15, -0.1) is 0 Å². The van der Waals surface area contributed by atoms with E-state index in [1.54, 1.807) is 12.1 Å². The minimum atomic E-state index is 0.139. The van der Waals surface area contributed by atoms with Gasteiger partial charge in [-0.1, -0.05) is 12.1 Å². The SMILES string of the molecule is O=C1CCC(c2cccc(O)c2)N1CC1CCNC1. The number of phenols is 1. The lowest BCUT2D eigenvalue weighted by molar-refractivity contribution is -0.129. The summed E-state index contributed by atoms with van der Waals surface area (Å²) < 4.78 is 0. The van der Waals surface area contributed by atoms with E-state index in [-0.39, 0.29) is 17.7 Å². The van der Waals surface area contributed by atoms with Crippen molar-refractivity contribution in [2.75, 3.05) is 19.6 Å². The van der Waals surface area contributed by atoms with Crippen molar-refractivity contribution in [1.82, 2.24) is 10.2 Å². The van der Waals surface area contributed by atoms with Crippen LogP contribution in [-0.2, 0) is 4.79 Å². The Kier molecular flexibility index (Phi) is 3.42. The third kappa shape index (κ3) is 2.59. The minimum Gasteiger partial charge on any atom is -0.508 e. The van der Waals surface area contributed by atoms with Crippen LogP contribution in [-0.4, -0.2) is 35.5 Å². The second-order valence-corrected chi connectivity index (χ2v) is 5.55. The molecule has 0 aliphatic carbocycles. The normalized spacial score (nSPS) is 27.2. The Hall–Kier alpha value is -1.55. The zero-order chi connectivity index (χ0) is 13.2. The molecule has 1 amide bonds. The maximum Gasteiger partial charge on any atom is 0.223 e. The Bertz CT molecular complexity index is 469. The molecule has 2 saturated heterocycles. The van der Waals surface area contributed by atoms with Crippen LogP contribution in [0, 0.1) is 5.92 Å². The van der Waals surface area contributed by atoms with Gasteiger partial charge in [-0.3, -0.25) is 4.79 Å². The molecule has 2 fully saturated rings. The number of nitrogens with zero attached hydrogens (tertiary/aromatic N) is 1. The van der Waals surface area contributed by atoms with E-state index < -0.39 is 0 Å². The first-order valence-corrected chi connectivity index (χ1v) is 7.03. The molecule has 2 unspecified atom stereocenters. The fourth-order valence-electron chi connectivity index (χ4n) is 3.19. The lowest BCUT2D eigenvalue weighted by atomic mass is 10.0. The van der Waals surface area contributed by atoms with E-state index in [1.807, 2.05) is 17.0 Å². The highest BCUT2D eigenvalue weighted by Crippen LogP contribution is 2.35. The molecule has 4 nitrogen and oxygen atoms in total. The summed E-state index contributed by atoms with van der Waals surface area (Å²) in [5, 5.41) is 12.9. The quantitative estimate of drug-likeness (QED) is 0.869. The van der Waals surface area contributed by atoms with Crippen molar-refractivity contribution in [3.8, 4) is 5.75 Å². The highest BCUT2D eigenvalue weighted by atomic mass is 16.3. The predicted octanol–water partition coefficient (Wildman–Crippen LogP) is 1.67. The molecule has 3 rings (SSSR count). The van der Waals surface area contributed by atoms with Gasteiger partial charge in [-0.2, -0.15) is 0 Å². The molecule has 1 aromatic carbocycles. The number of rotatable bonds is 3.